The molecule has 0 aliphatic rings. The monoisotopic (exact) mass is 270 g/mol. The van der Waals surface area contributed by atoms with Crippen LogP contribution in [0, 0.1) is 0 Å². The van der Waals surface area contributed by atoms with Crippen molar-refractivity contribution in [1.29, 1.82) is 0 Å². The Morgan fingerprint density at radius 1 is 1.42 bits per heavy atom. The highest BCUT2D eigenvalue weighted by Crippen LogP contribution is 2.29. The van der Waals surface area contributed by atoms with Crippen molar-refractivity contribution in [2.24, 2.45) is 5.84 Å². The highest BCUT2D eigenvalue weighted by Gasteiger charge is 2.28. The molecule has 6 nitrogen and oxygen atoms in total. The SMILES string of the molecule is CCCC(OCC)C(NN)c1c(OC)cnn1CC. The fraction of sp³-hybridized carbons (Fsp3) is 0.769. The molecule has 0 bridgehead atoms. The zero-order valence-corrected chi connectivity index (χ0v) is 12.3. The van der Waals surface area contributed by atoms with Crippen molar-refractivity contribution in [3.63, 3.8) is 0 Å². The summed E-state index contributed by atoms with van der Waals surface area (Å²) in [6.07, 6.45) is 3.69. The number of nitrogens with one attached hydrogen (secondary N) is 1. The summed E-state index contributed by atoms with van der Waals surface area (Å²) in [7, 11) is 1.64. The van der Waals surface area contributed by atoms with Crippen molar-refractivity contribution in [2.75, 3.05) is 13.7 Å². The van der Waals surface area contributed by atoms with Crippen molar-refractivity contribution >= 4 is 0 Å². The van der Waals surface area contributed by atoms with Gasteiger partial charge in [0.05, 0.1) is 25.5 Å². The standard InChI is InChI=1S/C13H26N4O2/c1-5-8-10(19-7-3)12(16-14)13-11(18-4)9-15-17(13)6-2/h9-10,12,16H,5-8,14H2,1-4H3. The van der Waals surface area contributed by atoms with Gasteiger partial charge in [0.25, 0.3) is 0 Å². The van der Waals surface area contributed by atoms with Crippen LogP contribution < -0.4 is 16.0 Å². The number of hydrogen-bond acceptors (Lipinski definition) is 5. The van der Waals surface area contributed by atoms with Crippen molar-refractivity contribution in [3.8, 4) is 5.75 Å². The van der Waals surface area contributed by atoms with E-state index in [9.17, 15) is 0 Å². The summed E-state index contributed by atoms with van der Waals surface area (Å²) in [5, 5.41) is 4.32. The van der Waals surface area contributed by atoms with Crippen LogP contribution in [0.4, 0.5) is 0 Å². The molecule has 0 radical (unpaired) electrons. The molecule has 1 aromatic rings. The molecule has 1 rings (SSSR count). The average Bonchev–Trinajstić information content (AvgIpc) is 2.83. The summed E-state index contributed by atoms with van der Waals surface area (Å²) >= 11 is 0. The van der Waals surface area contributed by atoms with Crippen LogP contribution in [-0.4, -0.2) is 29.6 Å². The maximum Gasteiger partial charge on any atom is 0.161 e. The smallest absolute Gasteiger partial charge is 0.161 e. The topological polar surface area (TPSA) is 74.3 Å². The Morgan fingerprint density at radius 2 is 2.16 bits per heavy atom. The normalized spacial score (nSPS) is 14.4. The van der Waals surface area contributed by atoms with E-state index in [0.29, 0.717) is 6.61 Å². The van der Waals surface area contributed by atoms with Crippen molar-refractivity contribution in [3.05, 3.63) is 11.9 Å². The number of hydrazine groups is 1. The summed E-state index contributed by atoms with van der Waals surface area (Å²) in [6, 6.07) is -0.128. The van der Waals surface area contributed by atoms with E-state index < -0.39 is 0 Å². The largest absolute Gasteiger partial charge is 0.493 e. The summed E-state index contributed by atoms with van der Waals surface area (Å²) in [6.45, 7) is 7.59. The van der Waals surface area contributed by atoms with E-state index in [-0.39, 0.29) is 12.1 Å². The minimum Gasteiger partial charge on any atom is -0.493 e. The third-order valence-electron chi connectivity index (χ3n) is 3.16. The first kappa shape index (κ1) is 15.9. The summed E-state index contributed by atoms with van der Waals surface area (Å²) in [5.74, 6) is 6.49. The van der Waals surface area contributed by atoms with Gasteiger partial charge < -0.3 is 9.47 Å². The van der Waals surface area contributed by atoms with E-state index in [1.165, 1.54) is 0 Å². The van der Waals surface area contributed by atoms with Gasteiger partial charge in [-0.15, -0.1) is 0 Å². The Morgan fingerprint density at radius 3 is 2.63 bits per heavy atom. The minimum atomic E-state index is -0.128. The van der Waals surface area contributed by atoms with Gasteiger partial charge in [0, 0.05) is 13.2 Å². The molecule has 2 atom stereocenters. The van der Waals surface area contributed by atoms with Crippen molar-refractivity contribution in [2.45, 2.75) is 52.3 Å². The lowest BCUT2D eigenvalue weighted by atomic mass is 10.0. The van der Waals surface area contributed by atoms with E-state index in [1.54, 1.807) is 13.3 Å². The molecule has 6 heteroatoms. The first-order chi connectivity index (χ1) is 9.23. The number of nitrogens with two attached hydrogens (primary N) is 1. The summed E-state index contributed by atoms with van der Waals surface area (Å²) in [5.41, 5.74) is 3.80. The number of hydrogen-bond donors (Lipinski definition) is 2. The van der Waals surface area contributed by atoms with E-state index >= 15 is 0 Å². The van der Waals surface area contributed by atoms with Crippen LogP contribution in [0.25, 0.3) is 0 Å². The molecular weight excluding hydrogens is 244 g/mol. The number of methoxy groups -OCH3 is 1. The molecule has 3 N–H and O–H groups in total. The van der Waals surface area contributed by atoms with Crippen LogP contribution in [0.1, 0.15) is 45.3 Å². The molecule has 0 fully saturated rings. The van der Waals surface area contributed by atoms with Crippen LogP contribution in [0.3, 0.4) is 0 Å². The van der Waals surface area contributed by atoms with Crippen molar-refractivity contribution < 1.29 is 9.47 Å². The maximum atomic E-state index is 5.82. The molecule has 0 saturated heterocycles. The number of aromatic nitrogens is 2. The van der Waals surface area contributed by atoms with Crippen LogP contribution >= 0.6 is 0 Å². The average molecular weight is 270 g/mol. The van der Waals surface area contributed by atoms with E-state index in [0.717, 1.165) is 30.8 Å². The fourth-order valence-electron chi connectivity index (χ4n) is 2.31. The molecule has 1 heterocycles. The van der Waals surface area contributed by atoms with E-state index in [2.05, 4.69) is 17.4 Å². The van der Waals surface area contributed by atoms with Gasteiger partial charge in [-0.3, -0.25) is 10.5 Å². The lowest BCUT2D eigenvalue weighted by Crippen LogP contribution is -2.39. The molecule has 0 amide bonds. The van der Waals surface area contributed by atoms with Gasteiger partial charge in [-0.1, -0.05) is 13.3 Å². The lowest BCUT2D eigenvalue weighted by Gasteiger charge is -2.27. The van der Waals surface area contributed by atoms with Gasteiger partial charge in [-0.2, -0.15) is 5.10 Å². The molecular formula is C13H26N4O2. The lowest BCUT2D eigenvalue weighted by molar-refractivity contribution is 0.0247. The fourth-order valence-corrected chi connectivity index (χ4v) is 2.31. The maximum absolute atomic E-state index is 5.82. The molecule has 0 spiro atoms. The van der Waals surface area contributed by atoms with Gasteiger partial charge in [0.15, 0.2) is 5.75 Å². The summed E-state index contributed by atoms with van der Waals surface area (Å²) in [4.78, 5) is 0. The quantitative estimate of drug-likeness (QED) is 0.527. The van der Waals surface area contributed by atoms with E-state index in [4.69, 9.17) is 15.3 Å². The number of nitrogens with zero attached hydrogens (tertiary/aromatic N) is 2. The molecule has 0 aromatic carbocycles. The molecule has 0 aliphatic carbocycles. The molecule has 110 valence electrons. The van der Waals surface area contributed by atoms with E-state index in [1.807, 2.05) is 18.5 Å². The van der Waals surface area contributed by atoms with Crippen LogP contribution in [0.5, 0.6) is 5.75 Å². The first-order valence-electron chi connectivity index (χ1n) is 6.90. The minimum absolute atomic E-state index is 0.0101. The molecule has 1 aromatic heterocycles. The first-order valence-corrected chi connectivity index (χ1v) is 6.90. The zero-order chi connectivity index (χ0) is 14.3. The second-order valence-electron chi connectivity index (χ2n) is 4.34. The highest BCUT2D eigenvalue weighted by atomic mass is 16.5. The Balaban J connectivity index is 3.08. The summed E-state index contributed by atoms with van der Waals surface area (Å²) < 4.78 is 13.1. The van der Waals surface area contributed by atoms with Gasteiger partial charge in [0.2, 0.25) is 0 Å². The van der Waals surface area contributed by atoms with Crippen molar-refractivity contribution in [1.82, 2.24) is 15.2 Å². The van der Waals surface area contributed by atoms with Crippen LogP contribution in [0.2, 0.25) is 0 Å². The zero-order valence-electron chi connectivity index (χ0n) is 12.3. The van der Waals surface area contributed by atoms with Gasteiger partial charge in [0.1, 0.15) is 5.69 Å². The van der Waals surface area contributed by atoms with Gasteiger partial charge >= 0.3 is 0 Å². The molecule has 0 aliphatic heterocycles. The number of ether oxygens (including phenoxy) is 2. The highest BCUT2D eigenvalue weighted by molar-refractivity contribution is 5.29. The molecule has 0 saturated carbocycles. The number of aryl methyl sites for hydroxylation is 1. The van der Waals surface area contributed by atoms with Crippen LogP contribution in [0.15, 0.2) is 6.20 Å². The predicted octanol–water partition coefficient (Wildman–Crippen LogP) is 1.62. The van der Waals surface area contributed by atoms with Crippen LogP contribution in [-0.2, 0) is 11.3 Å². The Hall–Kier alpha value is -1.11. The Labute approximate surface area is 115 Å². The molecule has 19 heavy (non-hydrogen) atoms. The van der Waals surface area contributed by atoms with Gasteiger partial charge in [-0.05, 0) is 20.3 Å². The predicted molar refractivity (Wildman–Crippen MR) is 74.8 cm³/mol. The Bertz CT molecular complexity index is 340. The third kappa shape index (κ3) is 3.68. The second kappa shape index (κ2) is 8.14. The van der Waals surface area contributed by atoms with Gasteiger partial charge in [-0.25, -0.2) is 5.43 Å². The Kier molecular flexibility index (Phi) is 6.83. The number of rotatable bonds is 9. The third-order valence-corrected chi connectivity index (χ3v) is 3.16. The second-order valence-corrected chi connectivity index (χ2v) is 4.34. The molecule has 2 unspecified atom stereocenters.